The zero-order valence-electron chi connectivity index (χ0n) is 12.4. The number of nitrogens with zero attached hydrogens (tertiary/aromatic N) is 1. The molecule has 1 heterocycles. The lowest BCUT2D eigenvalue weighted by Crippen LogP contribution is -2.50. The summed E-state index contributed by atoms with van der Waals surface area (Å²) in [6.07, 6.45) is 1.70. The molecule has 1 saturated heterocycles. The summed E-state index contributed by atoms with van der Waals surface area (Å²) in [6, 6.07) is 0.225. The Morgan fingerprint density at radius 3 is 2.39 bits per heavy atom. The molecule has 0 aromatic heterocycles. The largest absolute Gasteiger partial charge is 0.480 e. The van der Waals surface area contributed by atoms with Gasteiger partial charge >= 0.3 is 5.97 Å². The fraction of sp³-hybridized carbons (Fsp3) is 0.929. The summed E-state index contributed by atoms with van der Waals surface area (Å²) in [4.78, 5) is 13.4. The number of carbonyl (C=O) groups is 1. The van der Waals surface area contributed by atoms with Gasteiger partial charge in [-0.15, -0.1) is 0 Å². The van der Waals surface area contributed by atoms with Crippen LogP contribution in [0.4, 0.5) is 0 Å². The first-order chi connectivity index (χ1) is 8.04. The van der Waals surface area contributed by atoms with E-state index in [0.29, 0.717) is 17.8 Å². The Hall–Kier alpha value is -0.610. The molecule has 3 unspecified atom stereocenters. The van der Waals surface area contributed by atoms with Crippen molar-refractivity contribution in [1.29, 1.82) is 0 Å². The van der Waals surface area contributed by atoms with E-state index in [1.807, 2.05) is 0 Å². The van der Waals surface area contributed by atoms with Crippen molar-refractivity contribution in [2.45, 2.75) is 59.0 Å². The molecule has 1 rings (SSSR count). The van der Waals surface area contributed by atoms with E-state index in [2.05, 4.69) is 32.6 Å². The first kappa shape index (κ1) is 15.4. The lowest BCUT2D eigenvalue weighted by molar-refractivity contribution is -0.143. The number of carboxylic acids is 1. The minimum Gasteiger partial charge on any atom is -0.480 e. The monoisotopic (exact) mass is 256 g/mol. The zero-order chi connectivity index (χ0) is 14.1. The molecule has 0 saturated carbocycles. The molecule has 0 aliphatic carbocycles. The third-order valence-electron chi connectivity index (χ3n) is 4.28. The van der Waals surface area contributed by atoms with Crippen molar-refractivity contribution in [2.24, 2.45) is 17.1 Å². The van der Waals surface area contributed by atoms with Gasteiger partial charge in [-0.05, 0) is 44.6 Å². The van der Waals surface area contributed by atoms with Gasteiger partial charge in [0.15, 0.2) is 0 Å². The van der Waals surface area contributed by atoms with Gasteiger partial charge in [0.1, 0.15) is 5.54 Å². The van der Waals surface area contributed by atoms with Crippen LogP contribution in [0.3, 0.4) is 0 Å². The van der Waals surface area contributed by atoms with Crippen LogP contribution < -0.4 is 5.73 Å². The quantitative estimate of drug-likeness (QED) is 0.806. The average Bonchev–Trinajstić information content (AvgIpc) is 2.64. The third kappa shape index (κ3) is 3.69. The van der Waals surface area contributed by atoms with Crippen LogP contribution in [0.2, 0.25) is 0 Å². The van der Waals surface area contributed by atoms with Gasteiger partial charge in [-0.25, -0.2) is 0 Å². The van der Waals surface area contributed by atoms with E-state index in [9.17, 15) is 4.79 Å². The second kappa shape index (κ2) is 5.17. The fourth-order valence-corrected chi connectivity index (χ4v) is 2.72. The number of rotatable bonds is 4. The topological polar surface area (TPSA) is 66.6 Å². The standard InChI is InChI=1S/C14H28N2O2/c1-10(8-14(5,15)12(17)18)16-7-6-11(9-16)13(2,3)4/h10-11H,6-9,15H2,1-5H3,(H,17,18). The maximum Gasteiger partial charge on any atom is 0.323 e. The van der Waals surface area contributed by atoms with E-state index >= 15 is 0 Å². The van der Waals surface area contributed by atoms with Crippen LogP contribution in [0, 0.1) is 11.3 Å². The van der Waals surface area contributed by atoms with Crippen LogP contribution in [0.5, 0.6) is 0 Å². The molecule has 3 N–H and O–H groups in total. The number of nitrogens with two attached hydrogens (primary N) is 1. The van der Waals surface area contributed by atoms with E-state index < -0.39 is 11.5 Å². The summed E-state index contributed by atoms with van der Waals surface area (Å²) in [5.41, 5.74) is 5.02. The Bertz CT molecular complexity index is 307. The molecular formula is C14H28N2O2. The molecule has 4 heteroatoms. The van der Waals surface area contributed by atoms with Crippen LogP contribution in [0.15, 0.2) is 0 Å². The summed E-state index contributed by atoms with van der Waals surface area (Å²) in [5, 5.41) is 9.07. The first-order valence-electron chi connectivity index (χ1n) is 6.80. The van der Waals surface area contributed by atoms with Crippen LogP contribution in [0.25, 0.3) is 0 Å². The summed E-state index contributed by atoms with van der Waals surface area (Å²) in [5.74, 6) is -0.227. The molecule has 18 heavy (non-hydrogen) atoms. The Morgan fingerprint density at radius 2 is 2.00 bits per heavy atom. The predicted octanol–water partition coefficient (Wildman–Crippen LogP) is 1.93. The van der Waals surface area contributed by atoms with Gasteiger partial charge in [-0.3, -0.25) is 4.79 Å². The van der Waals surface area contributed by atoms with Crippen molar-refractivity contribution in [3.63, 3.8) is 0 Å². The van der Waals surface area contributed by atoms with Crippen molar-refractivity contribution in [3.8, 4) is 0 Å². The number of aliphatic carboxylic acids is 1. The molecule has 1 aliphatic rings. The van der Waals surface area contributed by atoms with Gasteiger partial charge < -0.3 is 15.7 Å². The van der Waals surface area contributed by atoms with Crippen LogP contribution >= 0.6 is 0 Å². The third-order valence-corrected chi connectivity index (χ3v) is 4.28. The van der Waals surface area contributed by atoms with Crippen molar-refractivity contribution in [3.05, 3.63) is 0 Å². The minimum absolute atomic E-state index is 0.225. The molecule has 106 valence electrons. The predicted molar refractivity (Wildman–Crippen MR) is 73.4 cm³/mol. The molecule has 0 bridgehead atoms. The van der Waals surface area contributed by atoms with Crippen LogP contribution in [-0.2, 0) is 4.79 Å². The molecular weight excluding hydrogens is 228 g/mol. The summed E-state index contributed by atoms with van der Waals surface area (Å²) >= 11 is 0. The van der Waals surface area contributed by atoms with Crippen molar-refractivity contribution < 1.29 is 9.90 Å². The van der Waals surface area contributed by atoms with E-state index in [1.54, 1.807) is 6.92 Å². The highest BCUT2D eigenvalue weighted by Crippen LogP contribution is 2.35. The van der Waals surface area contributed by atoms with Gasteiger partial charge in [-0.2, -0.15) is 0 Å². The Kier molecular flexibility index (Phi) is 4.44. The van der Waals surface area contributed by atoms with Crippen LogP contribution in [0.1, 0.15) is 47.5 Å². The summed E-state index contributed by atoms with van der Waals surface area (Å²) in [7, 11) is 0. The molecule has 0 aromatic rings. The number of carboxylic acid groups (broad SMARTS) is 1. The number of hydrogen-bond donors (Lipinski definition) is 2. The van der Waals surface area contributed by atoms with Gasteiger partial charge in [0, 0.05) is 12.6 Å². The molecule has 1 aliphatic heterocycles. The molecule has 4 nitrogen and oxygen atoms in total. The lowest BCUT2D eigenvalue weighted by Gasteiger charge is -2.32. The summed E-state index contributed by atoms with van der Waals surface area (Å²) in [6.45, 7) is 12.6. The van der Waals surface area contributed by atoms with Gasteiger partial charge in [0.2, 0.25) is 0 Å². The highest BCUT2D eigenvalue weighted by molar-refractivity contribution is 5.77. The zero-order valence-corrected chi connectivity index (χ0v) is 12.4. The summed E-state index contributed by atoms with van der Waals surface area (Å²) < 4.78 is 0. The second-order valence-corrected chi connectivity index (χ2v) is 7.12. The maximum absolute atomic E-state index is 11.1. The normalized spacial score (nSPS) is 26.9. The van der Waals surface area contributed by atoms with Crippen molar-refractivity contribution in [2.75, 3.05) is 13.1 Å². The SMILES string of the molecule is CC(CC(C)(N)C(=O)O)N1CCC(C(C)(C)C)C1. The van der Waals surface area contributed by atoms with E-state index in [1.165, 1.54) is 6.42 Å². The van der Waals surface area contributed by atoms with Crippen LogP contribution in [-0.4, -0.2) is 40.6 Å². The molecule has 0 aromatic carbocycles. The fourth-order valence-electron chi connectivity index (χ4n) is 2.72. The number of likely N-dealkylation sites (tertiary alicyclic amines) is 1. The Balaban J connectivity index is 2.55. The first-order valence-corrected chi connectivity index (χ1v) is 6.80. The Morgan fingerprint density at radius 1 is 1.44 bits per heavy atom. The molecule has 0 spiro atoms. The van der Waals surface area contributed by atoms with Gasteiger partial charge in [0.25, 0.3) is 0 Å². The smallest absolute Gasteiger partial charge is 0.323 e. The van der Waals surface area contributed by atoms with E-state index in [4.69, 9.17) is 10.8 Å². The van der Waals surface area contributed by atoms with Gasteiger partial charge in [0.05, 0.1) is 0 Å². The van der Waals surface area contributed by atoms with Crippen molar-refractivity contribution in [1.82, 2.24) is 4.90 Å². The van der Waals surface area contributed by atoms with Crippen molar-refractivity contribution >= 4 is 5.97 Å². The minimum atomic E-state index is -1.13. The molecule has 3 atom stereocenters. The Labute approximate surface area is 111 Å². The maximum atomic E-state index is 11.1. The van der Waals surface area contributed by atoms with E-state index in [0.717, 1.165) is 13.1 Å². The highest BCUT2D eigenvalue weighted by Gasteiger charge is 2.37. The van der Waals surface area contributed by atoms with Gasteiger partial charge in [-0.1, -0.05) is 20.8 Å². The van der Waals surface area contributed by atoms with E-state index in [-0.39, 0.29) is 6.04 Å². The highest BCUT2D eigenvalue weighted by atomic mass is 16.4. The number of hydrogen-bond acceptors (Lipinski definition) is 3. The second-order valence-electron chi connectivity index (χ2n) is 7.12. The average molecular weight is 256 g/mol. The molecule has 0 amide bonds. The lowest BCUT2D eigenvalue weighted by atomic mass is 9.80. The molecule has 1 fully saturated rings. The molecule has 0 radical (unpaired) electrons.